The first-order chi connectivity index (χ1) is 4.91. The lowest BCUT2D eigenvalue weighted by atomic mass is 10.2. The van der Waals surface area contributed by atoms with Crippen molar-refractivity contribution in [2.24, 2.45) is 0 Å². The molecule has 0 aliphatic heterocycles. The van der Waals surface area contributed by atoms with Crippen LogP contribution >= 0.6 is 0 Å². The molecule has 0 unspecified atom stereocenters. The number of unbranched alkanes of at least 4 members (excludes halogenated alkanes) is 4. The van der Waals surface area contributed by atoms with E-state index in [0.29, 0.717) is 9.52 Å². The molecule has 0 saturated heterocycles. The fourth-order valence-corrected chi connectivity index (χ4v) is 2.41. The van der Waals surface area contributed by atoms with E-state index in [1.165, 1.54) is 38.1 Å². The molecule has 0 spiro atoms. The van der Waals surface area contributed by atoms with Gasteiger partial charge in [-0.2, -0.15) is 0 Å². The Kier molecular flexibility index (Phi) is 9.42. The zero-order valence-corrected chi connectivity index (χ0v) is 9.07. The summed E-state index contributed by atoms with van der Waals surface area (Å²) in [6.07, 6.45) is 7.34. The normalized spacial score (nSPS) is 11.4. The van der Waals surface area contributed by atoms with Crippen LogP contribution in [0, 0.1) is 0 Å². The molecule has 0 nitrogen and oxygen atoms in total. The molecule has 0 aromatic carbocycles. The Morgan fingerprint density at radius 1 is 0.900 bits per heavy atom. The van der Waals surface area contributed by atoms with Gasteiger partial charge >= 0.3 is 0 Å². The van der Waals surface area contributed by atoms with Gasteiger partial charge in [-0.15, -0.1) is 0 Å². The monoisotopic (exact) mass is 158 g/mol. The molecule has 0 heterocycles. The Bertz CT molecular complexity index is 44.7. The third-order valence-electron chi connectivity index (χ3n) is 1.96. The predicted molar refractivity (Wildman–Crippen MR) is 52.6 cm³/mol. The minimum absolute atomic E-state index is 0.387. The summed E-state index contributed by atoms with van der Waals surface area (Å²) < 4.78 is 0. The molecule has 0 aromatic rings. The van der Waals surface area contributed by atoms with E-state index in [4.69, 9.17) is 0 Å². The summed E-state index contributed by atoms with van der Waals surface area (Å²) in [6.45, 7) is 4.61. The van der Waals surface area contributed by atoms with E-state index in [2.05, 4.69) is 13.8 Å². The third kappa shape index (κ3) is 8.22. The van der Waals surface area contributed by atoms with Gasteiger partial charge in [0.25, 0.3) is 0 Å². The molecule has 0 aliphatic rings. The van der Waals surface area contributed by atoms with Crippen molar-refractivity contribution in [3.05, 3.63) is 0 Å². The van der Waals surface area contributed by atoms with Crippen molar-refractivity contribution in [2.45, 2.75) is 58.0 Å². The zero-order chi connectivity index (χ0) is 7.66. The molecule has 0 aromatic heterocycles. The summed E-state index contributed by atoms with van der Waals surface area (Å²) in [4.78, 5) is 0. The average molecular weight is 158 g/mol. The summed E-state index contributed by atoms with van der Waals surface area (Å²) in [7, 11) is 0.387. The Hall–Kier alpha value is 0.217. The molecule has 62 valence electrons. The van der Waals surface area contributed by atoms with E-state index in [-0.39, 0.29) is 0 Å². The molecular formula is C9H22Si. The Labute approximate surface area is 68.2 Å². The van der Waals surface area contributed by atoms with Crippen LogP contribution in [0.15, 0.2) is 0 Å². The number of hydrogen-bond donors (Lipinski definition) is 0. The van der Waals surface area contributed by atoms with Crippen LogP contribution in [0.3, 0.4) is 0 Å². The van der Waals surface area contributed by atoms with Crippen molar-refractivity contribution in [3.63, 3.8) is 0 Å². The van der Waals surface area contributed by atoms with Gasteiger partial charge in [0.1, 0.15) is 0 Å². The molecule has 1 heteroatoms. The summed E-state index contributed by atoms with van der Waals surface area (Å²) in [5.41, 5.74) is 0. The van der Waals surface area contributed by atoms with Crippen LogP contribution in [0.4, 0.5) is 0 Å². The Balaban J connectivity index is 2.65. The fourth-order valence-electron chi connectivity index (χ4n) is 1.21. The van der Waals surface area contributed by atoms with Crippen molar-refractivity contribution in [3.8, 4) is 0 Å². The van der Waals surface area contributed by atoms with Gasteiger partial charge in [-0.3, -0.25) is 0 Å². The Morgan fingerprint density at radius 2 is 1.60 bits per heavy atom. The summed E-state index contributed by atoms with van der Waals surface area (Å²) >= 11 is 0. The smallest absolute Gasteiger partial charge is 0.0195 e. The molecule has 0 fully saturated rings. The van der Waals surface area contributed by atoms with Crippen molar-refractivity contribution >= 4 is 9.52 Å². The molecule has 0 atom stereocenters. The second-order valence-electron chi connectivity index (χ2n) is 3.12. The SMILES string of the molecule is CCCCCCC[SiH2]CC. The molecule has 0 saturated carbocycles. The molecule has 0 N–H and O–H groups in total. The third-order valence-corrected chi connectivity index (χ3v) is 3.66. The topological polar surface area (TPSA) is 0 Å². The maximum absolute atomic E-state index is 2.33. The van der Waals surface area contributed by atoms with Gasteiger partial charge in [0.2, 0.25) is 0 Å². The zero-order valence-electron chi connectivity index (χ0n) is 7.66. The fraction of sp³-hybridized carbons (Fsp3) is 1.00. The first kappa shape index (κ1) is 10.2. The standard InChI is InChI=1S/C9H22Si/c1-3-5-6-7-8-9-10-4-2/h3-10H2,1-2H3. The number of rotatable bonds is 7. The molecule has 0 bridgehead atoms. The second-order valence-corrected chi connectivity index (χ2v) is 5.54. The van der Waals surface area contributed by atoms with Crippen LogP contribution in [-0.2, 0) is 0 Å². The van der Waals surface area contributed by atoms with E-state index >= 15 is 0 Å². The second kappa shape index (κ2) is 9.22. The first-order valence-electron chi connectivity index (χ1n) is 4.91. The highest BCUT2D eigenvalue weighted by atomic mass is 28.2. The van der Waals surface area contributed by atoms with E-state index in [1.54, 1.807) is 6.04 Å². The van der Waals surface area contributed by atoms with Crippen LogP contribution < -0.4 is 0 Å². The lowest BCUT2D eigenvalue weighted by molar-refractivity contribution is 0.655. The van der Waals surface area contributed by atoms with Crippen LogP contribution in [-0.4, -0.2) is 9.52 Å². The average Bonchev–Trinajstić information content (AvgIpc) is 1.97. The van der Waals surface area contributed by atoms with Crippen LogP contribution in [0.25, 0.3) is 0 Å². The molecule has 0 rings (SSSR count). The van der Waals surface area contributed by atoms with Gasteiger partial charge in [-0.25, -0.2) is 0 Å². The quantitative estimate of drug-likeness (QED) is 0.395. The largest absolute Gasteiger partial charge is 0.0683 e. The van der Waals surface area contributed by atoms with Crippen molar-refractivity contribution < 1.29 is 0 Å². The van der Waals surface area contributed by atoms with Gasteiger partial charge in [0.15, 0.2) is 0 Å². The van der Waals surface area contributed by atoms with Gasteiger partial charge in [0, 0.05) is 9.52 Å². The minimum atomic E-state index is 0.387. The van der Waals surface area contributed by atoms with Crippen LogP contribution in [0.5, 0.6) is 0 Å². The summed E-state index contributed by atoms with van der Waals surface area (Å²) in [6, 6.07) is 3.11. The van der Waals surface area contributed by atoms with Crippen molar-refractivity contribution in [2.75, 3.05) is 0 Å². The van der Waals surface area contributed by atoms with E-state index in [1.807, 2.05) is 0 Å². The maximum atomic E-state index is 2.33. The minimum Gasteiger partial charge on any atom is -0.0683 e. The van der Waals surface area contributed by atoms with E-state index < -0.39 is 0 Å². The molecule has 0 aliphatic carbocycles. The summed E-state index contributed by atoms with van der Waals surface area (Å²) in [5, 5.41) is 0. The number of hydrogen-bond acceptors (Lipinski definition) is 0. The molecular weight excluding hydrogens is 136 g/mol. The lowest BCUT2D eigenvalue weighted by Gasteiger charge is -1.97. The van der Waals surface area contributed by atoms with Crippen molar-refractivity contribution in [1.29, 1.82) is 0 Å². The molecule has 0 amide bonds. The van der Waals surface area contributed by atoms with E-state index in [0.717, 1.165) is 0 Å². The predicted octanol–water partition coefficient (Wildman–Crippen LogP) is 2.98. The van der Waals surface area contributed by atoms with Gasteiger partial charge in [0.05, 0.1) is 0 Å². The van der Waals surface area contributed by atoms with E-state index in [9.17, 15) is 0 Å². The molecule has 0 radical (unpaired) electrons. The summed E-state index contributed by atoms with van der Waals surface area (Å²) in [5.74, 6) is 0. The first-order valence-corrected chi connectivity index (χ1v) is 6.91. The van der Waals surface area contributed by atoms with Gasteiger partial charge in [-0.05, 0) is 0 Å². The van der Waals surface area contributed by atoms with Crippen LogP contribution in [0.1, 0.15) is 46.0 Å². The highest BCUT2D eigenvalue weighted by molar-refractivity contribution is 6.35. The Morgan fingerprint density at radius 3 is 2.20 bits per heavy atom. The molecule has 10 heavy (non-hydrogen) atoms. The maximum Gasteiger partial charge on any atom is 0.0195 e. The van der Waals surface area contributed by atoms with Gasteiger partial charge in [-0.1, -0.05) is 58.0 Å². The highest BCUT2D eigenvalue weighted by Gasteiger charge is 1.88. The lowest BCUT2D eigenvalue weighted by Crippen LogP contribution is -1.85. The van der Waals surface area contributed by atoms with Crippen molar-refractivity contribution in [1.82, 2.24) is 0 Å². The van der Waals surface area contributed by atoms with Gasteiger partial charge < -0.3 is 0 Å². The van der Waals surface area contributed by atoms with Crippen LogP contribution in [0.2, 0.25) is 12.1 Å². The highest BCUT2D eigenvalue weighted by Crippen LogP contribution is 2.04.